The normalized spacial score (nSPS) is 16.4. The molecule has 2 amide bonds. The molecule has 0 bridgehead atoms. The van der Waals surface area contributed by atoms with Crippen molar-refractivity contribution in [1.29, 1.82) is 0 Å². The molecule has 8 heteroatoms. The minimum Gasteiger partial charge on any atom is -0.369 e. The molecule has 1 atom stereocenters. The lowest BCUT2D eigenvalue weighted by Crippen LogP contribution is -2.40. The fourth-order valence-corrected chi connectivity index (χ4v) is 3.93. The number of carbonyl (C=O) groups excluding carboxylic acids is 2. The Kier molecular flexibility index (Phi) is 6.42. The Bertz CT molecular complexity index is 1180. The maximum absolute atomic E-state index is 12.9. The molecule has 0 spiro atoms. The Morgan fingerprint density at radius 1 is 1.03 bits per heavy atom. The smallest absolute Gasteiger partial charge is 0.276 e. The summed E-state index contributed by atoms with van der Waals surface area (Å²) >= 11 is 0. The Labute approximate surface area is 185 Å². The number of hydrogen-bond acceptors (Lipinski definition) is 5. The molecule has 0 saturated carbocycles. The topological polar surface area (TPSA) is 110 Å². The summed E-state index contributed by atoms with van der Waals surface area (Å²) < 4.78 is 1.21. The van der Waals surface area contributed by atoms with Gasteiger partial charge in [0.25, 0.3) is 11.5 Å². The predicted molar refractivity (Wildman–Crippen MR) is 121 cm³/mol. The van der Waals surface area contributed by atoms with Crippen LogP contribution in [0.15, 0.2) is 71.5 Å². The van der Waals surface area contributed by atoms with E-state index in [1.54, 1.807) is 24.3 Å². The number of piperidine rings is 1. The van der Waals surface area contributed by atoms with Gasteiger partial charge in [0.15, 0.2) is 0 Å². The third kappa shape index (κ3) is 4.92. The van der Waals surface area contributed by atoms with Gasteiger partial charge in [0.1, 0.15) is 5.69 Å². The summed E-state index contributed by atoms with van der Waals surface area (Å²) in [7, 11) is 0. The molecule has 0 aliphatic carbocycles. The molecular weight excluding hydrogens is 406 g/mol. The highest BCUT2D eigenvalue weighted by atomic mass is 16.2. The van der Waals surface area contributed by atoms with Gasteiger partial charge in [-0.1, -0.05) is 36.4 Å². The van der Waals surface area contributed by atoms with Gasteiger partial charge in [-0.15, -0.1) is 0 Å². The first-order valence-corrected chi connectivity index (χ1v) is 10.6. The zero-order valence-electron chi connectivity index (χ0n) is 17.6. The fourth-order valence-electron chi connectivity index (χ4n) is 3.93. The first-order valence-electron chi connectivity index (χ1n) is 10.6. The van der Waals surface area contributed by atoms with E-state index in [0.29, 0.717) is 24.5 Å². The first-order chi connectivity index (χ1) is 15.5. The third-order valence-electron chi connectivity index (χ3n) is 5.60. The molecule has 0 radical (unpaired) electrons. The number of amides is 2. The molecule has 32 heavy (non-hydrogen) atoms. The molecule has 1 aliphatic rings. The van der Waals surface area contributed by atoms with Gasteiger partial charge in [-0.25, -0.2) is 0 Å². The quantitative estimate of drug-likeness (QED) is 0.622. The van der Waals surface area contributed by atoms with Crippen LogP contribution in [0.5, 0.6) is 0 Å². The van der Waals surface area contributed by atoms with E-state index < -0.39 is 5.91 Å². The third-order valence-corrected chi connectivity index (χ3v) is 5.60. The van der Waals surface area contributed by atoms with E-state index in [1.165, 1.54) is 16.8 Å². The maximum atomic E-state index is 12.9. The van der Waals surface area contributed by atoms with Gasteiger partial charge in [-0.05, 0) is 49.2 Å². The number of nitrogens with one attached hydrogen (secondary N) is 1. The van der Waals surface area contributed by atoms with Crippen LogP contribution in [-0.2, 0) is 11.3 Å². The molecule has 1 saturated heterocycles. The van der Waals surface area contributed by atoms with E-state index in [1.807, 2.05) is 30.3 Å². The summed E-state index contributed by atoms with van der Waals surface area (Å²) in [5.74, 6) is -0.819. The fraction of sp³-hybridized carbons (Fsp3) is 0.250. The van der Waals surface area contributed by atoms with Crippen molar-refractivity contribution in [3.8, 4) is 5.69 Å². The molecule has 1 unspecified atom stereocenters. The van der Waals surface area contributed by atoms with E-state index in [9.17, 15) is 14.4 Å². The van der Waals surface area contributed by atoms with Crippen molar-refractivity contribution in [3.63, 3.8) is 0 Å². The number of benzene rings is 2. The summed E-state index contributed by atoms with van der Waals surface area (Å²) in [6.45, 7) is 2.08. The van der Waals surface area contributed by atoms with Crippen molar-refractivity contribution < 1.29 is 9.59 Å². The summed E-state index contributed by atoms with van der Waals surface area (Å²) in [6.07, 6.45) is 1.72. The standard InChI is InChI=1S/C24H25N5O3/c25-23(31)18-8-6-14-28(16-18)15-17-7-4-5-11-20(17)26-24(32)21-12-13-22(30)29(27-21)19-9-2-1-3-10-19/h1-5,7,9-13,18H,6,8,14-16H2,(H2,25,31)(H,26,32). The average Bonchev–Trinajstić information content (AvgIpc) is 2.81. The molecular formula is C24H25N5O3. The maximum Gasteiger partial charge on any atom is 0.276 e. The number of rotatable bonds is 6. The number of carbonyl (C=O) groups is 2. The molecule has 2 heterocycles. The van der Waals surface area contributed by atoms with Gasteiger partial charge >= 0.3 is 0 Å². The Morgan fingerprint density at radius 3 is 2.56 bits per heavy atom. The van der Waals surface area contributed by atoms with Crippen LogP contribution < -0.4 is 16.6 Å². The number of hydrogen-bond donors (Lipinski definition) is 2. The second kappa shape index (κ2) is 9.57. The number of anilines is 1. The predicted octanol–water partition coefficient (Wildman–Crippen LogP) is 2.18. The number of para-hydroxylation sites is 2. The first kappa shape index (κ1) is 21.5. The second-order valence-corrected chi connectivity index (χ2v) is 7.89. The molecule has 164 valence electrons. The Balaban J connectivity index is 1.52. The van der Waals surface area contributed by atoms with Gasteiger partial charge in [-0.3, -0.25) is 19.3 Å². The number of nitrogens with zero attached hydrogens (tertiary/aromatic N) is 3. The van der Waals surface area contributed by atoms with Crippen molar-refractivity contribution in [1.82, 2.24) is 14.7 Å². The largest absolute Gasteiger partial charge is 0.369 e. The van der Waals surface area contributed by atoms with E-state index in [-0.39, 0.29) is 23.1 Å². The van der Waals surface area contributed by atoms with Crippen molar-refractivity contribution in [2.45, 2.75) is 19.4 Å². The summed E-state index contributed by atoms with van der Waals surface area (Å²) in [5.41, 5.74) is 7.49. The van der Waals surface area contributed by atoms with Gasteiger partial charge in [0, 0.05) is 24.8 Å². The van der Waals surface area contributed by atoms with E-state index in [2.05, 4.69) is 15.3 Å². The molecule has 4 rings (SSSR count). The zero-order valence-corrected chi connectivity index (χ0v) is 17.6. The van der Waals surface area contributed by atoms with Crippen LogP contribution in [0.2, 0.25) is 0 Å². The molecule has 3 N–H and O–H groups in total. The number of nitrogens with two attached hydrogens (primary N) is 1. The highest BCUT2D eigenvalue weighted by molar-refractivity contribution is 6.03. The summed E-state index contributed by atoms with van der Waals surface area (Å²) in [6, 6.07) is 19.2. The van der Waals surface area contributed by atoms with Crippen LogP contribution in [0.25, 0.3) is 5.69 Å². The van der Waals surface area contributed by atoms with Crippen molar-refractivity contribution in [2.24, 2.45) is 11.7 Å². The zero-order chi connectivity index (χ0) is 22.5. The van der Waals surface area contributed by atoms with E-state index in [4.69, 9.17) is 5.73 Å². The van der Waals surface area contributed by atoms with Crippen LogP contribution >= 0.6 is 0 Å². The van der Waals surface area contributed by atoms with Crippen molar-refractivity contribution >= 4 is 17.5 Å². The highest BCUT2D eigenvalue weighted by Crippen LogP contribution is 2.22. The van der Waals surface area contributed by atoms with Crippen LogP contribution in [-0.4, -0.2) is 39.6 Å². The second-order valence-electron chi connectivity index (χ2n) is 7.89. The summed E-state index contributed by atoms with van der Waals surface area (Å²) in [4.78, 5) is 38.9. The van der Waals surface area contributed by atoms with Gasteiger partial charge in [-0.2, -0.15) is 9.78 Å². The van der Waals surface area contributed by atoms with Gasteiger partial charge in [0.2, 0.25) is 5.91 Å². The minimum atomic E-state index is -0.407. The van der Waals surface area contributed by atoms with Crippen molar-refractivity contribution in [3.05, 3.63) is 88.3 Å². The highest BCUT2D eigenvalue weighted by Gasteiger charge is 2.24. The number of likely N-dealkylation sites (tertiary alicyclic amines) is 1. The lowest BCUT2D eigenvalue weighted by Gasteiger charge is -2.31. The lowest BCUT2D eigenvalue weighted by molar-refractivity contribution is -0.123. The molecule has 3 aromatic rings. The van der Waals surface area contributed by atoms with E-state index in [0.717, 1.165) is 24.9 Å². The van der Waals surface area contributed by atoms with Crippen LogP contribution in [0, 0.1) is 5.92 Å². The SMILES string of the molecule is NC(=O)C1CCCN(Cc2ccccc2NC(=O)c2ccc(=O)n(-c3ccccc3)n2)C1. The van der Waals surface area contributed by atoms with Crippen LogP contribution in [0.4, 0.5) is 5.69 Å². The van der Waals surface area contributed by atoms with Gasteiger partial charge < -0.3 is 11.1 Å². The minimum absolute atomic E-state index is 0.134. The van der Waals surface area contributed by atoms with Crippen LogP contribution in [0.3, 0.4) is 0 Å². The molecule has 8 nitrogen and oxygen atoms in total. The monoisotopic (exact) mass is 431 g/mol. The Hall–Kier alpha value is -3.78. The van der Waals surface area contributed by atoms with Crippen LogP contribution in [0.1, 0.15) is 28.9 Å². The van der Waals surface area contributed by atoms with E-state index >= 15 is 0 Å². The molecule has 1 aliphatic heterocycles. The molecule has 1 fully saturated rings. The molecule has 2 aromatic carbocycles. The Morgan fingerprint density at radius 2 is 1.78 bits per heavy atom. The number of aromatic nitrogens is 2. The lowest BCUT2D eigenvalue weighted by atomic mass is 9.97. The number of primary amides is 1. The average molecular weight is 431 g/mol. The molecule has 1 aromatic heterocycles. The van der Waals surface area contributed by atoms with Gasteiger partial charge in [0.05, 0.1) is 11.6 Å². The summed E-state index contributed by atoms with van der Waals surface area (Å²) in [5, 5.41) is 7.16. The van der Waals surface area contributed by atoms with Crippen molar-refractivity contribution in [2.75, 3.05) is 18.4 Å².